The van der Waals surface area contributed by atoms with Crippen LogP contribution in [0.2, 0.25) is 5.02 Å². The minimum Gasteiger partial charge on any atom is -0.354 e. The van der Waals surface area contributed by atoms with Crippen LogP contribution in [0.5, 0.6) is 0 Å². The van der Waals surface area contributed by atoms with Crippen LogP contribution in [0.15, 0.2) is 78.9 Å². The molecule has 3 aromatic carbocycles. The van der Waals surface area contributed by atoms with Gasteiger partial charge in [0.05, 0.1) is 6.42 Å². The Morgan fingerprint density at radius 2 is 1.53 bits per heavy atom. The zero-order valence-electron chi connectivity index (χ0n) is 20.1. The molecule has 34 heavy (non-hydrogen) atoms. The van der Waals surface area contributed by atoms with Crippen LogP contribution in [-0.2, 0) is 29.0 Å². The van der Waals surface area contributed by atoms with E-state index in [0.717, 1.165) is 22.3 Å². The number of nitrogens with one attached hydrogen (secondary N) is 1. The van der Waals surface area contributed by atoms with Crippen LogP contribution < -0.4 is 5.32 Å². The van der Waals surface area contributed by atoms with Gasteiger partial charge in [0.2, 0.25) is 11.8 Å². The maximum absolute atomic E-state index is 13.7. The molecular formula is C29H33ClN2O2. The predicted octanol–water partition coefficient (Wildman–Crippen LogP) is 5.60. The van der Waals surface area contributed by atoms with Gasteiger partial charge in [-0.1, -0.05) is 104 Å². The molecule has 178 valence electrons. The third-order valence-electron chi connectivity index (χ3n) is 5.73. The Hall–Kier alpha value is -3.11. The van der Waals surface area contributed by atoms with Crippen molar-refractivity contribution in [1.82, 2.24) is 10.2 Å². The summed E-state index contributed by atoms with van der Waals surface area (Å²) >= 11 is 6.36. The summed E-state index contributed by atoms with van der Waals surface area (Å²) in [7, 11) is 0. The van der Waals surface area contributed by atoms with Gasteiger partial charge in [-0.3, -0.25) is 9.59 Å². The van der Waals surface area contributed by atoms with E-state index in [1.54, 1.807) is 11.0 Å². The summed E-state index contributed by atoms with van der Waals surface area (Å²) in [6.45, 7) is 7.04. The Kier molecular flexibility index (Phi) is 9.29. The van der Waals surface area contributed by atoms with Gasteiger partial charge in [-0.05, 0) is 35.6 Å². The summed E-state index contributed by atoms with van der Waals surface area (Å²) < 4.78 is 0. The van der Waals surface area contributed by atoms with E-state index in [0.29, 0.717) is 30.5 Å². The molecule has 3 rings (SSSR count). The summed E-state index contributed by atoms with van der Waals surface area (Å²) in [5, 5.41) is 3.60. The van der Waals surface area contributed by atoms with E-state index in [1.165, 1.54) is 0 Å². The van der Waals surface area contributed by atoms with Crippen molar-refractivity contribution in [1.29, 1.82) is 0 Å². The summed E-state index contributed by atoms with van der Waals surface area (Å²) in [4.78, 5) is 28.8. The van der Waals surface area contributed by atoms with E-state index < -0.39 is 6.04 Å². The smallest absolute Gasteiger partial charge is 0.243 e. The largest absolute Gasteiger partial charge is 0.354 e. The molecule has 0 aliphatic carbocycles. The van der Waals surface area contributed by atoms with Gasteiger partial charge in [-0.15, -0.1) is 0 Å². The van der Waals surface area contributed by atoms with E-state index in [9.17, 15) is 9.59 Å². The zero-order valence-corrected chi connectivity index (χ0v) is 20.9. The maximum Gasteiger partial charge on any atom is 0.243 e. The maximum atomic E-state index is 13.7. The number of rotatable bonds is 10. The molecule has 0 aromatic heterocycles. The van der Waals surface area contributed by atoms with Crippen LogP contribution in [-0.4, -0.2) is 29.3 Å². The molecule has 0 aliphatic heterocycles. The minimum absolute atomic E-state index is 0.130. The van der Waals surface area contributed by atoms with Gasteiger partial charge in [0.25, 0.3) is 0 Å². The summed E-state index contributed by atoms with van der Waals surface area (Å²) in [6, 6.07) is 24.6. The van der Waals surface area contributed by atoms with E-state index in [2.05, 4.69) is 19.2 Å². The number of carbonyl (C=O) groups is 2. The SMILES string of the molecule is Cc1ccc(CN(C(=O)Cc2ccccc2Cl)[C@@H](Cc2ccccc2)C(=O)NCC(C)C)cc1. The molecule has 2 amide bonds. The first-order valence-electron chi connectivity index (χ1n) is 11.7. The molecular weight excluding hydrogens is 444 g/mol. The Balaban J connectivity index is 1.96. The molecule has 0 saturated carbocycles. The van der Waals surface area contributed by atoms with E-state index >= 15 is 0 Å². The fraction of sp³-hybridized carbons (Fsp3) is 0.310. The van der Waals surface area contributed by atoms with Crippen molar-refractivity contribution in [3.8, 4) is 0 Å². The lowest BCUT2D eigenvalue weighted by Gasteiger charge is -2.32. The van der Waals surface area contributed by atoms with Crippen LogP contribution >= 0.6 is 11.6 Å². The number of amides is 2. The summed E-state index contributed by atoms with van der Waals surface area (Å²) in [6.07, 6.45) is 0.569. The highest BCUT2D eigenvalue weighted by Gasteiger charge is 2.30. The highest BCUT2D eigenvalue weighted by atomic mass is 35.5. The molecule has 0 aliphatic rings. The average Bonchev–Trinajstić information content (AvgIpc) is 2.83. The quantitative estimate of drug-likeness (QED) is 0.414. The van der Waals surface area contributed by atoms with Crippen molar-refractivity contribution in [2.75, 3.05) is 6.54 Å². The third kappa shape index (κ3) is 7.46. The van der Waals surface area contributed by atoms with E-state index in [1.807, 2.05) is 79.7 Å². The molecule has 1 atom stereocenters. The van der Waals surface area contributed by atoms with Crippen LogP contribution in [0, 0.1) is 12.8 Å². The molecule has 0 unspecified atom stereocenters. The number of hydrogen-bond donors (Lipinski definition) is 1. The lowest BCUT2D eigenvalue weighted by Crippen LogP contribution is -2.51. The summed E-state index contributed by atoms with van der Waals surface area (Å²) in [5.41, 5.74) is 3.89. The van der Waals surface area contributed by atoms with Gasteiger partial charge >= 0.3 is 0 Å². The second-order valence-electron chi connectivity index (χ2n) is 9.12. The Morgan fingerprint density at radius 1 is 0.882 bits per heavy atom. The molecule has 0 saturated heterocycles. The van der Waals surface area contributed by atoms with Crippen molar-refractivity contribution >= 4 is 23.4 Å². The van der Waals surface area contributed by atoms with Gasteiger partial charge in [-0.2, -0.15) is 0 Å². The number of halogens is 1. The fourth-order valence-corrected chi connectivity index (χ4v) is 3.98. The van der Waals surface area contributed by atoms with Gasteiger partial charge in [-0.25, -0.2) is 0 Å². The van der Waals surface area contributed by atoms with Crippen LogP contribution in [0.3, 0.4) is 0 Å². The van der Waals surface area contributed by atoms with Crippen LogP contribution in [0.25, 0.3) is 0 Å². The first-order valence-corrected chi connectivity index (χ1v) is 12.1. The topological polar surface area (TPSA) is 49.4 Å². The highest BCUT2D eigenvalue weighted by molar-refractivity contribution is 6.31. The average molecular weight is 477 g/mol. The predicted molar refractivity (Wildman–Crippen MR) is 139 cm³/mol. The number of benzene rings is 3. The molecule has 5 heteroatoms. The van der Waals surface area contributed by atoms with Gasteiger partial charge < -0.3 is 10.2 Å². The molecule has 0 spiro atoms. The fourth-order valence-electron chi connectivity index (χ4n) is 3.77. The first-order chi connectivity index (χ1) is 16.3. The van der Waals surface area contributed by atoms with Gasteiger partial charge in [0.1, 0.15) is 6.04 Å². The normalized spacial score (nSPS) is 11.8. The van der Waals surface area contributed by atoms with Gasteiger partial charge in [0, 0.05) is 24.5 Å². The number of hydrogen-bond acceptors (Lipinski definition) is 2. The van der Waals surface area contributed by atoms with Crippen molar-refractivity contribution in [2.24, 2.45) is 5.92 Å². The van der Waals surface area contributed by atoms with Crippen LogP contribution in [0.4, 0.5) is 0 Å². The van der Waals surface area contributed by atoms with Crippen LogP contribution in [0.1, 0.15) is 36.1 Å². The van der Waals surface area contributed by atoms with E-state index in [4.69, 9.17) is 11.6 Å². The van der Waals surface area contributed by atoms with Crippen molar-refractivity contribution in [2.45, 2.75) is 46.2 Å². The molecule has 3 aromatic rings. The molecule has 0 heterocycles. The molecule has 0 radical (unpaired) electrons. The van der Waals surface area contributed by atoms with Gasteiger partial charge in [0.15, 0.2) is 0 Å². The molecule has 0 bridgehead atoms. The standard InChI is InChI=1S/C29H33ClN2O2/c1-21(2)19-31-29(34)27(17-23-9-5-4-6-10-23)32(20-24-15-13-22(3)14-16-24)28(33)18-25-11-7-8-12-26(25)30/h4-16,21,27H,17-20H2,1-3H3,(H,31,34)/t27-/m0/s1. The Labute approximate surface area is 207 Å². The highest BCUT2D eigenvalue weighted by Crippen LogP contribution is 2.20. The van der Waals surface area contributed by atoms with E-state index in [-0.39, 0.29) is 18.2 Å². The number of nitrogens with zero attached hydrogens (tertiary/aromatic N) is 1. The third-order valence-corrected chi connectivity index (χ3v) is 6.10. The monoisotopic (exact) mass is 476 g/mol. The first kappa shape index (κ1) is 25.5. The summed E-state index contributed by atoms with van der Waals surface area (Å²) in [5.74, 6) is 0.0391. The Morgan fingerprint density at radius 3 is 2.18 bits per heavy atom. The molecule has 4 nitrogen and oxygen atoms in total. The van der Waals surface area contributed by atoms with Crippen molar-refractivity contribution < 1.29 is 9.59 Å². The lowest BCUT2D eigenvalue weighted by atomic mass is 10.0. The van der Waals surface area contributed by atoms with Crippen molar-refractivity contribution in [3.05, 3.63) is 106 Å². The second kappa shape index (κ2) is 12.4. The molecule has 0 fully saturated rings. The zero-order chi connectivity index (χ0) is 24.5. The second-order valence-corrected chi connectivity index (χ2v) is 9.53. The van der Waals surface area contributed by atoms with Crippen molar-refractivity contribution in [3.63, 3.8) is 0 Å². The Bertz CT molecular complexity index is 1080. The lowest BCUT2D eigenvalue weighted by molar-refractivity contribution is -0.140. The number of carbonyl (C=O) groups excluding carboxylic acids is 2. The minimum atomic E-state index is -0.641. The number of aryl methyl sites for hydroxylation is 1. The molecule has 1 N–H and O–H groups in total.